The van der Waals surface area contributed by atoms with Crippen LogP contribution < -0.4 is 10.1 Å². The molecular formula is C24H26ClN3O3. The lowest BCUT2D eigenvalue weighted by atomic mass is 10.1. The molecule has 1 saturated carbocycles. The lowest BCUT2D eigenvalue weighted by molar-refractivity contribution is -0.121. The van der Waals surface area contributed by atoms with Gasteiger partial charge in [-0.15, -0.1) is 0 Å². The fourth-order valence-corrected chi connectivity index (χ4v) is 3.83. The summed E-state index contributed by atoms with van der Waals surface area (Å²) in [4.78, 5) is 16.7. The molecule has 1 heterocycles. The van der Waals surface area contributed by atoms with Crippen molar-refractivity contribution in [2.45, 2.75) is 57.6 Å². The number of hydrogen-bond acceptors (Lipinski definition) is 5. The van der Waals surface area contributed by atoms with Crippen molar-refractivity contribution in [3.05, 3.63) is 65.0 Å². The molecule has 0 aliphatic heterocycles. The van der Waals surface area contributed by atoms with Gasteiger partial charge in [-0.2, -0.15) is 4.98 Å². The first-order chi connectivity index (χ1) is 15.2. The third kappa shape index (κ3) is 6.07. The molecule has 0 bridgehead atoms. The van der Waals surface area contributed by atoms with E-state index in [-0.39, 0.29) is 5.91 Å². The molecule has 1 aromatic heterocycles. The molecule has 0 radical (unpaired) electrons. The van der Waals surface area contributed by atoms with Gasteiger partial charge in [0.2, 0.25) is 17.6 Å². The SMILES string of the molecule is O=C(CCCc1nc(-c2ccc(Cl)cc2)no1)NCc1ccccc1OC1CCCC1. The summed E-state index contributed by atoms with van der Waals surface area (Å²) in [6.45, 7) is 0.461. The molecule has 1 aliphatic carbocycles. The highest BCUT2D eigenvalue weighted by Crippen LogP contribution is 2.26. The zero-order chi connectivity index (χ0) is 21.5. The number of aryl methyl sites for hydroxylation is 1. The summed E-state index contributed by atoms with van der Waals surface area (Å²) in [6.07, 6.45) is 6.54. The summed E-state index contributed by atoms with van der Waals surface area (Å²) >= 11 is 5.90. The third-order valence-corrected chi connectivity index (χ3v) is 5.66. The van der Waals surface area contributed by atoms with Gasteiger partial charge in [-0.25, -0.2) is 0 Å². The second kappa shape index (κ2) is 10.4. The van der Waals surface area contributed by atoms with Gasteiger partial charge < -0.3 is 14.6 Å². The van der Waals surface area contributed by atoms with E-state index in [9.17, 15) is 4.79 Å². The van der Waals surface area contributed by atoms with E-state index in [1.54, 1.807) is 12.1 Å². The van der Waals surface area contributed by atoms with E-state index in [1.165, 1.54) is 12.8 Å². The number of benzene rings is 2. The van der Waals surface area contributed by atoms with Crippen LogP contribution in [-0.2, 0) is 17.8 Å². The van der Waals surface area contributed by atoms with Crippen molar-refractivity contribution < 1.29 is 14.1 Å². The lowest BCUT2D eigenvalue weighted by Gasteiger charge is -2.16. The fraction of sp³-hybridized carbons (Fsp3) is 0.375. The van der Waals surface area contributed by atoms with Gasteiger partial charge in [0.05, 0.1) is 6.10 Å². The monoisotopic (exact) mass is 439 g/mol. The number of para-hydroxylation sites is 1. The van der Waals surface area contributed by atoms with Gasteiger partial charge in [0.15, 0.2) is 0 Å². The Bertz CT molecular complexity index is 997. The second-order valence-corrected chi connectivity index (χ2v) is 8.22. The standard InChI is InChI=1S/C24H26ClN3O3/c25-19-14-12-17(13-15-19)24-27-23(31-28-24)11-5-10-22(29)26-16-18-6-1-4-9-21(18)30-20-7-2-3-8-20/h1,4,6,9,12-15,20H,2-3,5,7-8,10-11,16H2,(H,26,29). The van der Waals surface area contributed by atoms with Crippen LogP contribution in [0.15, 0.2) is 53.1 Å². The molecule has 3 aromatic rings. The van der Waals surface area contributed by atoms with E-state index in [0.29, 0.717) is 48.6 Å². The molecule has 1 fully saturated rings. The van der Waals surface area contributed by atoms with Crippen molar-refractivity contribution in [2.75, 3.05) is 0 Å². The van der Waals surface area contributed by atoms with E-state index < -0.39 is 0 Å². The van der Waals surface area contributed by atoms with Crippen molar-refractivity contribution in [1.82, 2.24) is 15.5 Å². The molecule has 2 aromatic carbocycles. The molecule has 7 heteroatoms. The second-order valence-electron chi connectivity index (χ2n) is 7.78. The predicted molar refractivity (Wildman–Crippen MR) is 119 cm³/mol. The average molecular weight is 440 g/mol. The smallest absolute Gasteiger partial charge is 0.226 e. The number of nitrogens with one attached hydrogen (secondary N) is 1. The first-order valence-corrected chi connectivity index (χ1v) is 11.1. The van der Waals surface area contributed by atoms with E-state index in [1.807, 2.05) is 36.4 Å². The van der Waals surface area contributed by atoms with Crippen LogP contribution in [0.4, 0.5) is 0 Å². The van der Waals surface area contributed by atoms with Crippen LogP contribution in [0, 0.1) is 0 Å². The molecule has 1 amide bonds. The van der Waals surface area contributed by atoms with Gasteiger partial charge in [-0.05, 0) is 62.4 Å². The van der Waals surface area contributed by atoms with Crippen molar-refractivity contribution in [3.8, 4) is 17.1 Å². The van der Waals surface area contributed by atoms with Crippen LogP contribution in [0.25, 0.3) is 11.4 Å². The van der Waals surface area contributed by atoms with Crippen LogP contribution in [0.3, 0.4) is 0 Å². The maximum absolute atomic E-state index is 12.3. The van der Waals surface area contributed by atoms with E-state index >= 15 is 0 Å². The van der Waals surface area contributed by atoms with Gasteiger partial charge in [-0.1, -0.05) is 35.0 Å². The number of hydrogen-bond donors (Lipinski definition) is 1. The third-order valence-electron chi connectivity index (χ3n) is 5.41. The normalized spacial score (nSPS) is 14.0. The maximum atomic E-state index is 12.3. The highest BCUT2D eigenvalue weighted by atomic mass is 35.5. The van der Waals surface area contributed by atoms with Gasteiger partial charge in [-0.3, -0.25) is 4.79 Å². The van der Waals surface area contributed by atoms with Crippen LogP contribution in [0.2, 0.25) is 5.02 Å². The number of amides is 1. The Morgan fingerprint density at radius 1 is 1.13 bits per heavy atom. The largest absolute Gasteiger partial charge is 0.490 e. The number of aromatic nitrogens is 2. The molecule has 31 heavy (non-hydrogen) atoms. The highest BCUT2D eigenvalue weighted by Gasteiger charge is 2.18. The Balaban J connectivity index is 1.22. The Kier molecular flexibility index (Phi) is 7.20. The van der Waals surface area contributed by atoms with E-state index in [2.05, 4.69) is 15.5 Å². The Morgan fingerprint density at radius 2 is 1.90 bits per heavy atom. The molecule has 1 N–H and O–H groups in total. The van der Waals surface area contributed by atoms with Crippen molar-refractivity contribution in [3.63, 3.8) is 0 Å². The zero-order valence-electron chi connectivity index (χ0n) is 17.4. The van der Waals surface area contributed by atoms with Gasteiger partial charge in [0.25, 0.3) is 0 Å². The number of halogens is 1. The van der Waals surface area contributed by atoms with Crippen LogP contribution in [0.1, 0.15) is 50.0 Å². The topological polar surface area (TPSA) is 77.2 Å². The minimum absolute atomic E-state index is 0.00638. The fourth-order valence-electron chi connectivity index (χ4n) is 3.71. The molecule has 0 atom stereocenters. The summed E-state index contributed by atoms with van der Waals surface area (Å²) in [5.74, 6) is 1.91. The number of rotatable bonds is 9. The van der Waals surface area contributed by atoms with Crippen LogP contribution in [-0.4, -0.2) is 22.2 Å². The molecule has 0 spiro atoms. The first-order valence-electron chi connectivity index (χ1n) is 10.8. The van der Waals surface area contributed by atoms with Gasteiger partial charge in [0.1, 0.15) is 5.75 Å². The lowest BCUT2D eigenvalue weighted by Crippen LogP contribution is -2.23. The Morgan fingerprint density at radius 3 is 2.71 bits per heavy atom. The quantitative estimate of drug-likeness (QED) is 0.486. The highest BCUT2D eigenvalue weighted by molar-refractivity contribution is 6.30. The van der Waals surface area contributed by atoms with Crippen molar-refractivity contribution in [1.29, 1.82) is 0 Å². The summed E-state index contributed by atoms with van der Waals surface area (Å²) in [5.41, 5.74) is 1.85. The summed E-state index contributed by atoms with van der Waals surface area (Å²) < 4.78 is 11.4. The molecule has 0 saturated heterocycles. The zero-order valence-corrected chi connectivity index (χ0v) is 18.1. The van der Waals surface area contributed by atoms with Crippen LogP contribution in [0.5, 0.6) is 5.75 Å². The van der Waals surface area contributed by atoms with Crippen molar-refractivity contribution in [2.24, 2.45) is 0 Å². The molecule has 6 nitrogen and oxygen atoms in total. The summed E-state index contributed by atoms with van der Waals surface area (Å²) in [7, 11) is 0. The van der Waals surface area contributed by atoms with Crippen LogP contribution >= 0.6 is 11.6 Å². The van der Waals surface area contributed by atoms with E-state index in [0.717, 1.165) is 29.7 Å². The Labute approximate surface area is 187 Å². The number of carbonyl (C=O) groups excluding carboxylic acids is 1. The molecule has 0 unspecified atom stereocenters. The predicted octanol–water partition coefficient (Wildman–Crippen LogP) is 5.35. The molecule has 1 aliphatic rings. The summed E-state index contributed by atoms with van der Waals surface area (Å²) in [6, 6.07) is 15.2. The first kappa shape index (κ1) is 21.4. The van der Waals surface area contributed by atoms with Gasteiger partial charge in [0, 0.05) is 35.5 Å². The minimum Gasteiger partial charge on any atom is -0.490 e. The van der Waals surface area contributed by atoms with E-state index in [4.69, 9.17) is 20.9 Å². The summed E-state index contributed by atoms with van der Waals surface area (Å²) in [5, 5.41) is 7.65. The Hall–Kier alpha value is -2.86. The van der Waals surface area contributed by atoms with Gasteiger partial charge >= 0.3 is 0 Å². The minimum atomic E-state index is -0.00638. The number of ether oxygens (including phenoxy) is 1. The maximum Gasteiger partial charge on any atom is 0.226 e. The molecule has 4 rings (SSSR count). The number of carbonyl (C=O) groups is 1. The molecule has 162 valence electrons. The van der Waals surface area contributed by atoms with Crippen molar-refractivity contribution >= 4 is 17.5 Å². The number of nitrogens with zero attached hydrogens (tertiary/aromatic N) is 2. The average Bonchev–Trinajstić information content (AvgIpc) is 3.46. The molecular weight excluding hydrogens is 414 g/mol.